The summed E-state index contributed by atoms with van der Waals surface area (Å²) < 4.78 is 1.77. The van der Waals surface area contributed by atoms with Gasteiger partial charge in [0.25, 0.3) is 5.78 Å². The van der Waals surface area contributed by atoms with E-state index < -0.39 is 0 Å². The number of rotatable bonds is 5. The lowest BCUT2D eigenvalue weighted by atomic mass is 9.95. The highest BCUT2D eigenvalue weighted by Crippen LogP contribution is 2.33. The molecule has 0 amide bonds. The van der Waals surface area contributed by atoms with Crippen molar-refractivity contribution in [2.75, 3.05) is 0 Å². The predicted octanol–water partition coefficient (Wildman–Crippen LogP) is 9.29. The van der Waals surface area contributed by atoms with Crippen LogP contribution in [0.3, 0.4) is 0 Å². The number of aromatic nitrogens is 4. The van der Waals surface area contributed by atoms with Crippen molar-refractivity contribution in [2.45, 2.75) is 19.8 Å². The fraction of sp³-hybridized carbons (Fsp3) is 0.0769. The Morgan fingerprint density at radius 2 is 1.45 bits per heavy atom. The number of fused-ring (bicyclic) bond motifs is 4. The lowest BCUT2D eigenvalue weighted by Gasteiger charge is -2.11. The normalized spacial score (nSPS) is 13.1. The fourth-order valence-electron chi connectivity index (χ4n) is 5.90. The van der Waals surface area contributed by atoms with Gasteiger partial charge < -0.3 is 0 Å². The zero-order valence-electron chi connectivity index (χ0n) is 24.4. The van der Waals surface area contributed by atoms with Crippen molar-refractivity contribution in [3.05, 3.63) is 143 Å². The molecule has 0 unspecified atom stereocenters. The van der Waals surface area contributed by atoms with Crippen LogP contribution in [0.5, 0.6) is 0 Å². The van der Waals surface area contributed by atoms with Gasteiger partial charge in [-0.25, -0.2) is 15.0 Å². The summed E-state index contributed by atoms with van der Waals surface area (Å²) >= 11 is 0. The van der Waals surface area contributed by atoms with Crippen LogP contribution in [0.25, 0.3) is 56.8 Å². The average molecular weight is 568 g/mol. The van der Waals surface area contributed by atoms with E-state index >= 15 is 0 Å². The first-order valence-electron chi connectivity index (χ1n) is 14.9. The molecule has 5 nitrogen and oxygen atoms in total. The summed E-state index contributed by atoms with van der Waals surface area (Å²) in [6, 6.07) is 36.1. The summed E-state index contributed by atoms with van der Waals surface area (Å²) in [6.07, 6.45) is 12.6. The van der Waals surface area contributed by atoms with Crippen LogP contribution in [0.1, 0.15) is 40.1 Å². The fourth-order valence-corrected chi connectivity index (χ4v) is 5.90. The Kier molecular flexibility index (Phi) is 6.42. The van der Waals surface area contributed by atoms with Crippen molar-refractivity contribution >= 4 is 57.6 Å². The standard InChI is InChI=1S/C39H29N5/c1-26-36(21-16-27-14-17-29-8-2-5-11-32(29)22-27)41-39-42-37(35-20-19-31-10-4-7-13-34(31)24-35)38(44(39)43-26)40-25-28-15-18-30-9-3-6-12-33(30)23-28/h2-3,5-9,11-25H,4,10H2,1H3/b21-16+,40-25+. The average Bonchev–Trinajstić information content (AvgIpc) is 3.42. The third-order valence-corrected chi connectivity index (χ3v) is 8.27. The van der Waals surface area contributed by atoms with E-state index in [0.717, 1.165) is 46.6 Å². The Hall–Kier alpha value is -5.68. The van der Waals surface area contributed by atoms with Crippen LogP contribution in [0, 0.1) is 6.92 Å². The van der Waals surface area contributed by atoms with Gasteiger partial charge in [0.05, 0.1) is 11.4 Å². The Bertz CT molecular complexity index is 2300. The van der Waals surface area contributed by atoms with E-state index in [9.17, 15) is 0 Å². The molecule has 0 atom stereocenters. The third kappa shape index (κ3) is 4.88. The molecule has 0 fully saturated rings. The highest BCUT2D eigenvalue weighted by molar-refractivity contribution is 5.92. The molecule has 0 radical (unpaired) electrons. The first-order valence-corrected chi connectivity index (χ1v) is 14.9. The molecule has 0 N–H and O–H groups in total. The third-order valence-electron chi connectivity index (χ3n) is 8.27. The first-order chi connectivity index (χ1) is 21.7. The van der Waals surface area contributed by atoms with Gasteiger partial charge in [0, 0.05) is 11.8 Å². The number of imidazole rings is 1. The molecule has 1 aliphatic rings. The van der Waals surface area contributed by atoms with E-state index in [0.29, 0.717) is 11.6 Å². The van der Waals surface area contributed by atoms with Crippen LogP contribution in [0.15, 0.2) is 114 Å². The number of aryl methyl sites for hydroxylation is 2. The molecule has 7 aromatic rings. The van der Waals surface area contributed by atoms with Gasteiger partial charge in [-0.2, -0.15) is 9.61 Å². The van der Waals surface area contributed by atoms with E-state index in [1.54, 1.807) is 4.52 Å². The van der Waals surface area contributed by atoms with Crippen molar-refractivity contribution in [3.63, 3.8) is 0 Å². The van der Waals surface area contributed by atoms with Gasteiger partial charge in [0.1, 0.15) is 5.69 Å². The Balaban J connectivity index is 1.23. The van der Waals surface area contributed by atoms with Gasteiger partial charge in [-0.1, -0.05) is 103 Å². The second-order valence-corrected chi connectivity index (χ2v) is 11.2. The Morgan fingerprint density at radius 3 is 2.25 bits per heavy atom. The highest BCUT2D eigenvalue weighted by atomic mass is 15.3. The van der Waals surface area contributed by atoms with Crippen molar-refractivity contribution in [1.82, 2.24) is 19.6 Å². The van der Waals surface area contributed by atoms with Crippen LogP contribution in [-0.4, -0.2) is 25.8 Å². The van der Waals surface area contributed by atoms with Gasteiger partial charge in [0.2, 0.25) is 0 Å². The minimum absolute atomic E-state index is 0.516. The lowest BCUT2D eigenvalue weighted by Crippen LogP contribution is -2.01. The minimum atomic E-state index is 0.516. The molecule has 2 heterocycles. The van der Waals surface area contributed by atoms with Crippen molar-refractivity contribution in [2.24, 2.45) is 4.99 Å². The number of nitrogens with zero attached hydrogens (tertiary/aromatic N) is 5. The maximum absolute atomic E-state index is 5.01. The number of aliphatic imine (C=N–C) groups is 1. The summed E-state index contributed by atoms with van der Waals surface area (Å²) in [5, 5.41) is 9.76. The number of benzene rings is 5. The molecule has 210 valence electrons. The molecule has 0 bridgehead atoms. The molecule has 0 spiro atoms. The van der Waals surface area contributed by atoms with Gasteiger partial charge in [0.15, 0.2) is 5.82 Å². The van der Waals surface area contributed by atoms with E-state index in [2.05, 4.69) is 121 Å². The number of allylic oxidation sites excluding steroid dienone is 1. The smallest absolute Gasteiger partial charge is 0.234 e. The van der Waals surface area contributed by atoms with Crippen molar-refractivity contribution in [3.8, 4) is 11.3 Å². The molecule has 1 aliphatic carbocycles. The molecule has 0 saturated heterocycles. The maximum atomic E-state index is 5.01. The second-order valence-electron chi connectivity index (χ2n) is 11.2. The zero-order valence-corrected chi connectivity index (χ0v) is 24.4. The van der Waals surface area contributed by atoms with Gasteiger partial charge in [-0.15, -0.1) is 0 Å². The number of hydrogen-bond acceptors (Lipinski definition) is 4. The molecular formula is C39H29N5. The van der Waals surface area contributed by atoms with E-state index in [4.69, 9.17) is 20.1 Å². The van der Waals surface area contributed by atoms with E-state index in [1.165, 1.54) is 32.7 Å². The predicted molar refractivity (Wildman–Crippen MR) is 182 cm³/mol. The summed E-state index contributed by atoms with van der Waals surface area (Å²) in [6.45, 7) is 1.98. The summed E-state index contributed by atoms with van der Waals surface area (Å²) in [7, 11) is 0. The van der Waals surface area contributed by atoms with Crippen molar-refractivity contribution in [1.29, 1.82) is 0 Å². The van der Waals surface area contributed by atoms with Crippen LogP contribution >= 0.6 is 0 Å². The van der Waals surface area contributed by atoms with Crippen LogP contribution in [-0.2, 0) is 6.42 Å². The number of hydrogen-bond donors (Lipinski definition) is 0. The zero-order chi connectivity index (χ0) is 29.5. The Morgan fingerprint density at radius 1 is 0.727 bits per heavy atom. The molecule has 0 aliphatic heterocycles. The topological polar surface area (TPSA) is 55.4 Å². The minimum Gasteiger partial charge on any atom is -0.234 e. The van der Waals surface area contributed by atoms with Crippen LogP contribution in [0.2, 0.25) is 0 Å². The largest absolute Gasteiger partial charge is 0.253 e. The molecule has 44 heavy (non-hydrogen) atoms. The SMILES string of the molecule is Cc1nn2c(/N=C/c3ccc4ccccc4c3)c(-c3ccc4c(c3)C=CCC4)nc2nc1/C=C/c1ccc2ccccc2c1. The van der Waals surface area contributed by atoms with Crippen molar-refractivity contribution < 1.29 is 0 Å². The van der Waals surface area contributed by atoms with Gasteiger partial charge in [-0.3, -0.25) is 0 Å². The summed E-state index contributed by atoms with van der Waals surface area (Å²) in [5.41, 5.74) is 8.04. The molecule has 8 rings (SSSR count). The maximum Gasteiger partial charge on any atom is 0.253 e. The summed E-state index contributed by atoms with van der Waals surface area (Å²) in [4.78, 5) is 15.0. The Labute approximate surface area is 255 Å². The molecule has 2 aromatic heterocycles. The van der Waals surface area contributed by atoms with E-state index in [-0.39, 0.29) is 0 Å². The first kappa shape index (κ1) is 26.0. The molecule has 5 aromatic carbocycles. The summed E-state index contributed by atoms with van der Waals surface area (Å²) in [5.74, 6) is 1.18. The molecular weight excluding hydrogens is 538 g/mol. The quantitative estimate of drug-likeness (QED) is 0.195. The van der Waals surface area contributed by atoms with Crippen LogP contribution < -0.4 is 0 Å². The van der Waals surface area contributed by atoms with Gasteiger partial charge in [-0.05, 0) is 87.8 Å². The highest BCUT2D eigenvalue weighted by Gasteiger charge is 2.18. The van der Waals surface area contributed by atoms with E-state index in [1.807, 2.05) is 19.2 Å². The molecule has 0 saturated carbocycles. The van der Waals surface area contributed by atoms with Gasteiger partial charge >= 0.3 is 0 Å². The lowest BCUT2D eigenvalue weighted by molar-refractivity contribution is 0.864. The monoisotopic (exact) mass is 567 g/mol. The van der Waals surface area contributed by atoms with Crippen LogP contribution in [0.4, 0.5) is 5.82 Å². The molecule has 5 heteroatoms. The second kappa shape index (κ2) is 10.9.